The molecule has 0 aliphatic rings. The lowest BCUT2D eigenvalue weighted by atomic mass is 10.3. The lowest BCUT2D eigenvalue weighted by molar-refractivity contribution is -0.697. The van der Waals surface area contributed by atoms with Crippen LogP contribution in [0.25, 0.3) is 0 Å². The van der Waals surface area contributed by atoms with Gasteiger partial charge in [0.05, 0.1) is 0 Å². The summed E-state index contributed by atoms with van der Waals surface area (Å²) >= 11 is 0. The predicted octanol–water partition coefficient (Wildman–Crippen LogP) is -1.52. The molecule has 1 N–H and O–H groups in total. The molecule has 0 saturated heterocycles. The van der Waals surface area contributed by atoms with Crippen molar-refractivity contribution in [2.45, 2.75) is 26.3 Å². The maximum atomic E-state index is 10.6. The maximum Gasteiger partial charge on any atom is 0.341 e. The first-order valence-electron chi connectivity index (χ1n) is 4.46. The van der Waals surface area contributed by atoms with E-state index in [9.17, 15) is 4.79 Å². The van der Waals surface area contributed by atoms with Crippen molar-refractivity contribution in [2.24, 2.45) is 0 Å². The summed E-state index contributed by atoms with van der Waals surface area (Å²) in [6, 6.07) is 3.36. The van der Waals surface area contributed by atoms with Crippen molar-refractivity contribution in [3.63, 3.8) is 0 Å². The Kier molecular flexibility index (Phi) is 6.12. The van der Waals surface area contributed by atoms with Crippen LogP contribution in [0, 0.1) is 0 Å². The summed E-state index contributed by atoms with van der Waals surface area (Å²) in [5.74, 6) is -0.870. The van der Waals surface area contributed by atoms with Gasteiger partial charge in [-0.3, -0.25) is 0 Å². The number of carbonyl (C=O) groups is 1. The minimum absolute atomic E-state index is 0. The largest absolute Gasteiger partial charge is 1.00 e. The summed E-state index contributed by atoms with van der Waals surface area (Å²) < 4.78 is 1.91. The van der Waals surface area contributed by atoms with Crippen LogP contribution in [0.2, 0.25) is 0 Å². The van der Waals surface area contributed by atoms with Crippen molar-refractivity contribution in [2.75, 3.05) is 0 Å². The number of carboxylic acids is 1. The van der Waals surface area contributed by atoms with E-state index in [4.69, 9.17) is 5.11 Å². The minimum Gasteiger partial charge on any atom is -1.00 e. The molecular weight excluding hydrogens is 246 g/mol. The Morgan fingerprint density at radius 2 is 2.29 bits per heavy atom. The molecule has 0 aliphatic carbocycles. The van der Waals surface area contributed by atoms with Crippen LogP contribution in [0.5, 0.6) is 0 Å². The number of hydrogen-bond donors (Lipinski definition) is 1. The van der Waals surface area contributed by atoms with Crippen LogP contribution >= 0.6 is 0 Å². The van der Waals surface area contributed by atoms with Gasteiger partial charge in [-0.1, -0.05) is 13.3 Å². The first kappa shape index (κ1) is 13.1. The van der Waals surface area contributed by atoms with Gasteiger partial charge in [0.25, 0.3) is 0 Å². The second-order valence-electron chi connectivity index (χ2n) is 2.99. The summed E-state index contributed by atoms with van der Waals surface area (Å²) in [6.07, 6.45) is 5.75. The number of aromatic carboxylic acids is 1. The molecule has 3 nitrogen and oxygen atoms in total. The number of hydrogen-bond acceptors (Lipinski definition) is 1. The lowest BCUT2D eigenvalue weighted by Crippen LogP contribution is -3.00. The second-order valence-corrected chi connectivity index (χ2v) is 2.99. The van der Waals surface area contributed by atoms with E-state index in [2.05, 4.69) is 6.92 Å². The molecule has 0 unspecified atom stereocenters. The van der Waals surface area contributed by atoms with E-state index in [0.29, 0.717) is 5.56 Å². The molecule has 4 heteroatoms. The Morgan fingerprint density at radius 3 is 2.86 bits per heavy atom. The van der Waals surface area contributed by atoms with Crippen molar-refractivity contribution in [1.29, 1.82) is 0 Å². The van der Waals surface area contributed by atoms with Crippen LogP contribution in [0.4, 0.5) is 0 Å². The normalized spacial score (nSPS) is 9.21. The molecule has 0 amide bonds. The second kappa shape index (κ2) is 6.54. The number of halogens is 1. The van der Waals surface area contributed by atoms with E-state index < -0.39 is 5.97 Å². The van der Waals surface area contributed by atoms with Gasteiger partial charge in [0.2, 0.25) is 0 Å². The van der Waals surface area contributed by atoms with Crippen LogP contribution in [-0.4, -0.2) is 11.1 Å². The van der Waals surface area contributed by atoms with Crippen LogP contribution in [-0.2, 0) is 6.54 Å². The Hall–Kier alpha value is -0.900. The average Bonchev–Trinajstić information content (AvgIpc) is 2.15. The van der Waals surface area contributed by atoms with E-state index in [1.807, 2.05) is 10.8 Å². The SMILES string of the molecule is CCCC[n+]1cccc(C(=O)O)c1.[Br-]. The monoisotopic (exact) mass is 259 g/mol. The van der Waals surface area contributed by atoms with Crippen LogP contribution in [0.15, 0.2) is 24.5 Å². The quantitative estimate of drug-likeness (QED) is 0.668. The smallest absolute Gasteiger partial charge is 0.341 e. The van der Waals surface area contributed by atoms with E-state index >= 15 is 0 Å². The highest BCUT2D eigenvalue weighted by Crippen LogP contribution is 1.94. The Balaban J connectivity index is 0.00000169. The maximum absolute atomic E-state index is 10.6. The standard InChI is InChI=1S/C10H13NO2.BrH/c1-2-3-6-11-7-4-5-9(8-11)10(12)13;/h4-5,7-8H,2-3,6H2,1H3;1H. The zero-order valence-electron chi connectivity index (χ0n) is 8.11. The third-order valence-corrected chi connectivity index (χ3v) is 1.88. The van der Waals surface area contributed by atoms with Crippen molar-refractivity contribution in [3.8, 4) is 0 Å². The summed E-state index contributed by atoms with van der Waals surface area (Å²) in [7, 11) is 0. The Bertz CT molecular complexity index is 302. The van der Waals surface area contributed by atoms with Crippen LogP contribution < -0.4 is 21.5 Å². The molecule has 0 fully saturated rings. The molecule has 0 saturated carbocycles. The number of pyridine rings is 1. The van der Waals surface area contributed by atoms with Crippen molar-refractivity contribution in [3.05, 3.63) is 30.1 Å². The van der Waals surface area contributed by atoms with Gasteiger partial charge in [-0.15, -0.1) is 0 Å². The fourth-order valence-corrected chi connectivity index (χ4v) is 1.13. The molecule has 1 heterocycles. The number of aromatic nitrogens is 1. The van der Waals surface area contributed by atoms with E-state index in [0.717, 1.165) is 19.4 Å². The van der Waals surface area contributed by atoms with Crippen molar-refractivity contribution >= 4 is 5.97 Å². The number of unbranched alkanes of at least 4 members (excludes halogenated alkanes) is 1. The highest BCUT2D eigenvalue weighted by molar-refractivity contribution is 5.86. The summed E-state index contributed by atoms with van der Waals surface area (Å²) in [5.41, 5.74) is 0.346. The van der Waals surface area contributed by atoms with Crippen molar-refractivity contribution < 1.29 is 31.4 Å². The number of rotatable bonds is 4. The molecule has 1 aromatic heterocycles. The van der Waals surface area contributed by atoms with Gasteiger partial charge in [-0.25, -0.2) is 9.36 Å². The zero-order valence-corrected chi connectivity index (χ0v) is 9.70. The lowest BCUT2D eigenvalue weighted by Gasteiger charge is -1.95. The van der Waals surface area contributed by atoms with E-state index in [1.165, 1.54) is 0 Å². The molecule has 0 bridgehead atoms. The molecule has 0 spiro atoms. The summed E-state index contributed by atoms with van der Waals surface area (Å²) in [6.45, 7) is 3.00. The Labute approximate surface area is 94.2 Å². The fourth-order valence-electron chi connectivity index (χ4n) is 1.13. The molecule has 0 aliphatic heterocycles. The van der Waals surface area contributed by atoms with Gasteiger partial charge >= 0.3 is 5.97 Å². The zero-order chi connectivity index (χ0) is 9.68. The van der Waals surface area contributed by atoms with Gasteiger partial charge in [0.15, 0.2) is 12.4 Å². The fraction of sp³-hybridized carbons (Fsp3) is 0.400. The first-order valence-corrected chi connectivity index (χ1v) is 4.46. The van der Waals surface area contributed by atoms with Gasteiger partial charge in [-0.2, -0.15) is 0 Å². The molecular formula is C10H14BrNO2. The third-order valence-electron chi connectivity index (χ3n) is 1.88. The molecule has 0 aromatic carbocycles. The first-order chi connectivity index (χ1) is 6.24. The van der Waals surface area contributed by atoms with Crippen LogP contribution in [0.1, 0.15) is 30.1 Å². The molecule has 1 rings (SSSR count). The molecule has 1 aromatic rings. The van der Waals surface area contributed by atoms with Crippen LogP contribution in [0.3, 0.4) is 0 Å². The number of carboxylic acid groups (broad SMARTS) is 1. The van der Waals surface area contributed by atoms with E-state index in [1.54, 1.807) is 18.3 Å². The topological polar surface area (TPSA) is 41.2 Å². The summed E-state index contributed by atoms with van der Waals surface area (Å²) in [5, 5.41) is 8.72. The van der Waals surface area contributed by atoms with Gasteiger partial charge in [0.1, 0.15) is 12.1 Å². The average molecular weight is 260 g/mol. The van der Waals surface area contributed by atoms with Gasteiger partial charge in [0, 0.05) is 12.5 Å². The van der Waals surface area contributed by atoms with Gasteiger partial charge in [-0.05, 0) is 6.07 Å². The molecule has 0 radical (unpaired) electrons. The Morgan fingerprint density at radius 1 is 1.57 bits per heavy atom. The molecule has 78 valence electrons. The molecule has 14 heavy (non-hydrogen) atoms. The summed E-state index contributed by atoms with van der Waals surface area (Å²) in [4.78, 5) is 10.6. The van der Waals surface area contributed by atoms with Gasteiger partial charge < -0.3 is 22.1 Å². The predicted molar refractivity (Wildman–Crippen MR) is 48.5 cm³/mol. The van der Waals surface area contributed by atoms with E-state index in [-0.39, 0.29) is 17.0 Å². The minimum atomic E-state index is -0.870. The highest BCUT2D eigenvalue weighted by atomic mass is 79.9. The highest BCUT2D eigenvalue weighted by Gasteiger charge is 2.07. The van der Waals surface area contributed by atoms with Crippen molar-refractivity contribution in [1.82, 2.24) is 0 Å². The third kappa shape index (κ3) is 3.87. The number of aryl methyl sites for hydroxylation is 1. The molecule has 0 atom stereocenters. The number of nitrogens with zero attached hydrogens (tertiary/aromatic N) is 1.